The second-order valence-electron chi connectivity index (χ2n) is 5.98. The number of carbonyl (C=O) groups excluding carboxylic acids is 1. The average molecular weight is 392 g/mol. The summed E-state index contributed by atoms with van der Waals surface area (Å²) in [5.74, 6) is -0.376. The molecule has 0 unspecified atom stereocenters. The van der Waals surface area contributed by atoms with Gasteiger partial charge in [0.25, 0.3) is 5.91 Å². The number of benzene rings is 3. The number of thiazole rings is 1. The molecule has 0 saturated carbocycles. The number of halogens is 1. The van der Waals surface area contributed by atoms with E-state index in [0.29, 0.717) is 15.2 Å². The van der Waals surface area contributed by atoms with Gasteiger partial charge < -0.3 is 0 Å². The predicted octanol–water partition coefficient (Wildman–Crippen LogP) is 5.74. The fraction of sp³-hybridized carbons (Fsp3) is 0. The highest BCUT2D eigenvalue weighted by Crippen LogP contribution is 2.23. The molecule has 0 saturated heterocycles. The van der Waals surface area contributed by atoms with Crippen LogP contribution in [-0.2, 0) is 0 Å². The third-order valence-corrected chi connectivity index (χ3v) is 5.31. The summed E-state index contributed by atoms with van der Waals surface area (Å²) >= 11 is 6.97. The van der Waals surface area contributed by atoms with Gasteiger partial charge in [-0.25, -0.2) is 4.57 Å². The molecular weight excluding hydrogens is 378 g/mol. The highest BCUT2D eigenvalue weighted by atomic mass is 35.5. The number of aromatic nitrogens is 1. The van der Waals surface area contributed by atoms with Crippen molar-refractivity contribution >= 4 is 45.1 Å². The number of hydrogen-bond acceptors (Lipinski definition) is 3. The van der Waals surface area contributed by atoms with Crippen molar-refractivity contribution in [1.29, 1.82) is 0 Å². The predicted molar refractivity (Wildman–Crippen MR) is 113 cm³/mol. The van der Waals surface area contributed by atoms with Crippen LogP contribution in [0.25, 0.3) is 27.4 Å². The summed E-state index contributed by atoms with van der Waals surface area (Å²) in [6.45, 7) is 0. The summed E-state index contributed by atoms with van der Waals surface area (Å²) in [5.41, 5.74) is 3.64. The molecule has 0 aliphatic rings. The van der Waals surface area contributed by atoms with Crippen molar-refractivity contribution in [2.24, 2.45) is 0 Å². The van der Waals surface area contributed by atoms with Gasteiger partial charge in [0, 0.05) is 11.1 Å². The Kier molecular flexibility index (Phi) is 4.75. The maximum Gasteiger partial charge on any atom is 0.315 e. The van der Waals surface area contributed by atoms with Gasteiger partial charge in [0.05, 0.1) is 10.2 Å². The van der Waals surface area contributed by atoms with Crippen molar-refractivity contribution in [3.63, 3.8) is 0 Å². The Morgan fingerprint density at radius 3 is 2.52 bits per heavy atom. The van der Waals surface area contributed by atoms with Gasteiger partial charge in [0.15, 0.2) is 0 Å². The molecule has 5 heteroatoms. The number of fused-ring (bicyclic) bond motifs is 1. The van der Waals surface area contributed by atoms with Gasteiger partial charge in [-0.2, -0.15) is 0 Å². The molecule has 0 atom stereocenters. The Hall–Kier alpha value is -2.95. The van der Waals surface area contributed by atoms with E-state index in [2.05, 4.69) is 0 Å². The maximum atomic E-state index is 12.6. The van der Waals surface area contributed by atoms with Crippen LogP contribution >= 0.6 is 22.9 Å². The van der Waals surface area contributed by atoms with Gasteiger partial charge in [-0.3, -0.25) is 9.59 Å². The highest BCUT2D eigenvalue weighted by molar-refractivity contribution is 7.16. The lowest BCUT2D eigenvalue weighted by molar-refractivity contribution is 0.0972. The lowest BCUT2D eigenvalue weighted by Crippen LogP contribution is -2.19. The molecule has 3 nitrogen and oxygen atoms in total. The zero-order chi connectivity index (χ0) is 18.8. The minimum atomic E-state index is -0.376. The molecule has 3 aromatic carbocycles. The standard InChI is InChI=1S/C22H14ClNO2S/c23-18-10-11-19-20(14-18)27-22(26)24(19)21(25)12-9-15-5-4-8-17(13-15)16-6-2-1-3-7-16/h1-14H. The van der Waals surface area contributed by atoms with E-state index in [1.807, 2.05) is 54.6 Å². The lowest BCUT2D eigenvalue weighted by atomic mass is 10.0. The first-order chi connectivity index (χ1) is 13.1. The van der Waals surface area contributed by atoms with E-state index in [9.17, 15) is 9.59 Å². The zero-order valence-corrected chi connectivity index (χ0v) is 15.7. The van der Waals surface area contributed by atoms with Crippen molar-refractivity contribution in [2.75, 3.05) is 0 Å². The largest absolute Gasteiger partial charge is 0.315 e. The molecule has 0 bridgehead atoms. The van der Waals surface area contributed by atoms with Crippen LogP contribution in [0.4, 0.5) is 0 Å². The molecule has 0 N–H and O–H groups in total. The van der Waals surface area contributed by atoms with E-state index in [1.165, 1.54) is 10.6 Å². The number of nitrogens with zero attached hydrogens (tertiary/aromatic N) is 1. The van der Waals surface area contributed by atoms with E-state index in [4.69, 9.17) is 11.6 Å². The molecule has 27 heavy (non-hydrogen) atoms. The minimum absolute atomic E-state index is 0.319. The highest BCUT2D eigenvalue weighted by Gasteiger charge is 2.12. The molecule has 0 fully saturated rings. The average Bonchev–Trinajstić information content (AvgIpc) is 3.02. The molecule has 4 rings (SSSR count). The van der Waals surface area contributed by atoms with Crippen molar-refractivity contribution < 1.29 is 4.79 Å². The van der Waals surface area contributed by atoms with E-state index in [0.717, 1.165) is 28.0 Å². The fourth-order valence-electron chi connectivity index (χ4n) is 2.90. The third kappa shape index (κ3) is 3.63. The van der Waals surface area contributed by atoms with Crippen LogP contribution in [0.3, 0.4) is 0 Å². The van der Waals surface area contributed by atoms with Gasteiger partial charge in [0.1, 0.15) is 0 Å². The topological polar surface area (TPSA) is 39.1 Å². The van der Waals surface area contributed by atoms with Crippen molar-refractivity contribution in [2.45, 2.75) is 0 Å². The quantitative estimate of drug-likeness (QED) is 0.418. The van der Waals surface area contributed by atoms with Gasteiger partial charge in [-0.05, 0) is 47.0 Å². The number of allylic oxidation sites excluding steroid dienone is 1. The van der Waals surface area contributed by atoms with Crippen LogP contribution in [0.1, 0.15) is 10.4 Å². The van der Waals surface area contributed by atoms with E-state index >= 15 is 0 Å². The van der Waals surface area contributed by atoms with E-state index < -0.39 is 0 Å². The maximum absolute atomic E-state index is 12.6. The van der Waals surface area contributed by atoms with Crippen molar-refractivity contribution in [1.82, 2.24) is 4.57 Å². The molecule has 132 valence electrons. The molecule has 0 spiro atoms. The van der Waals surface area contributed by atoms with Gasteiger partial charge in [-0.15, -0.1) is 0 Å². The van der Waals surface area contributed by atoms with E-state index in [-0.39, 0.29) is 10.8 Å². The second-order valence-corrected chi connectivity index (χ2v) is 7.41. The number of carbonyl (C=O) groups is 1. The molecular formula is C22H14ClNO2S. The first kappa shape index (κ1) is 17.5. The molecule has 1 aromatic heterocycles. The van der Waals surface area contributed by atoms with Crippen LogP contribution in [-0.4, -0.2) is 10.5 Å². The summed E-state index contributed by atoms with van der Waals surface area (Å²) in [5, 5.41) is 0.539. The van der Waals surface area contributed by atoms with Crippen LogP contribution in [0.5, 0.6) is 0 Å². The van der Waals surface area contributed by atoms with Crippen LogP contribution in [0.2, 0.25) is 5.02 Å². The molecule has 4 aromatic rings. The Morgan fingerprint density at radius 1 is 0.926 bits per heavy atom. The molecule has 0 aliphatic carbocycles. The first-order valence-corrected chi connectivity index (χ1v) is 9.50. The molecule has 0 amide bonds. The smallest absolute Gasteiger partial charge is 0.269 e. The fourth-order valence-corrected chi connectivity index (χ4v) is 4.05. The lowest BCUT2D eigenvalue weighted by Gasteiger charge is -2.03. The Balaban J connectivity index is 1.65. The monoisotopic (exact) mass is 391 g/mol. The Bertz CT molecular complexity index is 1220. The Labute approximate surface area is 164 Å². The van der Waals surface area contributed by atoms with Crippen LogP contribution in [0.15, 0.2) is 83.7 Å². The third-order valence-electron chi connectivity index (χ3n) is 4.18. The van der Waals surface area contributed by atoms with E-state index in [1.54, 1.807) is 24.3 Å². The summed E-state index contributed by atoms with van der Waals surface area (Å²) in [4.78, 5) is 24.5. The minimum Gasteiger partial charge on any atom is -0.269 e. The summed E-state index contributed by atoms with van der Waals surface area (Å²) < 4.78 is 1.87. The van der Waals surface area contributed by atoms with Crippen molar-refractivity contribution in [3.05, 3.63) is 99.1 Å². The van der Waals surface area contributed by atoms with Crippen LogP contribution < -0.4 is 4.87 Å². The van der Waals surface area contributed by atoms with Gasteiger partial charge in [-0.1, -0.05) is 71.5 Å². The molecule has 0 radical (unpaired) electrons. The zero-order valence-electron chi connectivity index (χ0n) is 14.1. The van der Waals surface area contributed by atoms with Crippen molar-refractivity contribution in [3.8, 4) is 11.1 Å². The summed E-state index contributed by atoms with van der Waals surface area (Å²) in [6, 6.07) is 23.0. The van der Waals surface area contributed by atoms with Gasteiger partial charge in [0.2, 0.25) is 0 Å². The van der Waals surface area contributed by atoms with Crippen LogP contribution in [0, 0.1) is 0 Å². The summed E-state index contributed by atoms with van der Waals surface area (Å²) in [7, 11) is 0. The summed E-state index contributed by atoms with van der Waals surface area (Å²) in [6.07, 6.45) is 3.15. The molecule has 1 heterocycles. The second kappa shape index (κ2) is 7.35. The Morgan fingerprint density at radius 2 is 1.70 bits per heavy atom. The SMILES string of the molecule is O=C(C=Cc1cccc(-c2ccccc2)c1)n1c(=O)sc2cc(Cl)ccc21. The normalized spacial score (nSPS) is 11.3. The first-order valence-electron chi connectivity index (χ1n) is 8.31. The number of rotatable bonds is 3. The molecule has 0 aliphatic heterocycles. The van der Waals surface area contributed by atoms with Gasteiger partial charge >= 0.3 is 4.87 Å². The number of hydrogen-bond donors (Lipinski definition) is 0.